The number of aryl methyl sites for hydroxylation is 1. The van der Waals surface area contributed by atoms with E-state index in [2.05, 4.69) is 28.9 Å². The first kappa shape index (κ1) is 11.0. The number of rotatable bonds is 6. The normalized spacial score (nSPS) is 10.5. The van der Waals surface area contributed by atoms with Crippen molar-refractivity contribution in [2.75, 3.05) is 18.0 Å². The highest BCUT2D eigenvalue weighted by molar-refractivity contribution is 5.26. The maximum atomic E-state index is 4.97. The van der Waals surface area contributed by atoms with E-state index >= 15 is 0 Å². The summed E-state index contributed by atoms with van der Waals surface area (Å²) in [4.78, 5) is 6.41. The van der Waals surface area contributed by atoms with E-state index in [0.717, 1.165) is 25.5 Å². The Balaban J connectivity index is 2.57. The van der Waals surface area contributed by atoms with E-state index in [9.17, 15) is 0 Å². The van der Waals surface area contributed by atoms with Gasteiger partial charge in [-0.05, 0) is 18.0 Å². The van der Waals surface area contributed by atoms with Gasteiger partial charge in [0.1, 0.15) is 0 Å². The highest BCUT2D eigenvalue weighted by atomic mass is 16.5. The number of hydrogen-bond donors (Lipinski definition) is 0. The molecule has 0 aromatic carbocycles. The predicted molar refractivity (Wildman–Crippen MR) is 56.4 cm³/mol. The lowest BCUT2D eigenvalue weighted by atomic mass is 10.3. The first-order valence-corrected chi connectivity index (χ1v) is 5.33. The SMILES string of the molecule is CCCCN(CCC)c1noc(C)n1. The molecule has 0 N–H and O–H groups in total. The zero-order valence-corrected chi connectivity index (χ0v) is 9.29. The number of unbranched alkanes of at least 4 members (excludes halogenated alkanes) is 1. The molecule has 0 unspecified atom stereocenters. The van der Waals surface area contributed by atoms with Gasteiger partial charge in [0, 0.05) is 20.0 Å². The summed E-state index contributed by atoms with van der Waals surface area (Å²) >= 11 is 0. The molecule has 14 heavy (non-hydrogen) atoms. The van der Waals surface area contributed by atoms with Crippen LogP contribution in [0.5, 0.6) is 0 Å². The fourth-order valence-corrected chi connectivity index (χ4v) is 1.35. The predicted octanol–water partition coefficient (Wildman–Crippen LogP) is 2.39. The van der Waals surface area contributed by atoms with Gasteiger partial charge in [-0.15, -0.1) is 0 Å². The maximum Gasteiger partial charge on any atom is 0.266 e. The van der Waals surface area contributed by atoms with Crippen molar-refractivity contribution in [3.05, 3.63) is 5.89 Å². The molecule has 0 radical (unpaired) electrons. The fraction of sp³-hybridized carbons (Fsp3) is 0.800. The molecule has 0 saturated heterocycles. The van der Waals surface area contributed by atoms with Crippen molar-refractivity contribution < 1.29 is 4.52 Å². The molecule has 0 saturated carbocycles. The summed E-state index contributed by atoms with van der Waals surface area (Å²) in [5.41, 5.74) is 0. The Morgan fingerprint density at radius 2 is 2.00 bits per heavy atom. The van der Waals surface area contributed by atoms with E-state index in [1.807, 2.05) is 6.92 Å². The van der Waals surface area contributed by atoms with Crippen molar-refractivity contribution in [2.45, 2.75) is 40.0 Å². The summed E-state index contributed by atoms with van der Waals surface area (Å²) in [6, 6.07) is 0. The van der Waals surface area contributed by atoms with Gasteiger partial charge in [0.15, 0.2) is 0 Å². The van der Waals surface area contributed by atoms with Gasteiger partial charge >= 0.3 is 0 Å². The summed E-state index contributed by atoms with van der Waals surface area (Å²) in [6.45, 7) is 8.18. The number of anilines is 1. The standard InChI is InChI=1S/C10H19N3O/c1-4-6-8-13(7-5-2)10-11-9(3)14-12-10/h4-8H2,1-3H3. The van der Waals surface area contributed by atoms with Crippen LogP contribution in [0.2, 0.25) is 0 Å². The van der Waals surface area contributed by atoms with Crippen molar-refractivity contribution in [3.63, 3.8) is 0 Å². The smallest absolute Gasteiger partial charge is 0.266 e. The second-order valence-corrected chi connectivity index (χ2v) is 3.45. The highest BCUT2D eigenvalue weighted by Gasteiger charge is 2.10. The van der Waals surface area contributed by atoms with E-state index < -0.39 is 0 Å². The minimum absolute atomic E-state index is 0.637. The van der Waals surface area contributed by atoms with Crippen LogP contribution in [0.3, 0.4) is 0 Å². The zero-order valence-electron chi connectivity index (χ0n) is 9.29. The largest absolute Gasteiger partial charge is 0.338 e. The lowest BCUT2D eigenvalue weighted by Gasteiger charge is -2.18. The topological polar surface area (TPSA) is 42.2 Å². The molecule has 0 aliphatic rings. The fourth-order valence-electron chi connectivity index (χ4n) is 1.35. The van der Waals surface area contributed by atoms with Crippen LogP contribution in [-0.2, 0) is 0 Å². The van der Waals surface area contributed by atoms with Crippen LogP contribution < -0.4 is 4.90 Å². The molecule has 0 aliphatic heterocycles. The first-order chi connectivity index (χ1) is 6.77. The molecule has 0 aliphatic carbocycles. The second kappa shape index (κ2) is 5.62. The zero-order chi connectivity index (χ0) is 10.4. The van der Waals surface area contributed by atoms with Crippen LogP contribution in [0.15, 0.2) is 4.52 Å². The van der Waals surface area contributed by atoms with E-state index in [4.69, 9.17) is 4.52 Å². The lowest BCUT2D eigenvalue weighted by Crippen LogP contribution is -2.26. The second-order valence-electron chi connectivity index (χ2n) is 3.45. The van der Waals surface area contributed by atoms with Crippen LogP contribution in [0.1, 0.15) is 39.0 Å². The van der Waals surface area contributed by atoms with Gasteiger partial charge in [0.25, 0.3) is 5.95 Å². The van der Waals surface area contributed by atoms with E-state index in [0.29, 0.717) is 5.89 Å². The average molecular weight is 197 g/mol. The molecule has 80 valence electrons. The maximum absolute atomic E-state index is 4.97. The molecule has 0 fully saturated rings. The molecule has 0 atom stereocenters. The van der Waals surface area contributed by atoms with Gasteiger partial charge in [-0.2, -0.15) is 4.98 Å². The lowest BCUT2D eigenvalue weighted by molar-refractivity contribution is 0.392. The van der Waals surface area contributed by atoms with Crippen LogP contribution in [0.4, 0.5) is 5.95 Å². The molecule has 0 bridgehead atoms. The van der Waals surface area contributed by atoms with Crippen molar-refractivity contribution in [1.82, 2.24) is 10.1 Å². The average Bonchev–Trinajstić information content (AvgIpc) is 2.59. The van der Waals surface area contributed by atoms with E-state index in [1.54, 1.807) is 0 Å². The molecule has 4 heteroatoms. The Morgan fingerprint density at radius 3 is 2.50 bits per heavy atom. The molecule has 1 aromatic heterocycles. The molecule has 4 nitrogen and oxygen atoms in total. The van der Waals surface area contributed by atoms with Crippen LogP contribution in [0, 0.1) is 6.92 Å². The Kier molecular flexibility index (Phi) is 4.43. The van der Waals surface area contributed by atoms with Crippen LogP contribution >= 0.6 is 0 Å². The summed E-state index contributed by atoms with van der Waals surface area (Å²) in [6.07, 6.45) is 3.47. The number of nitrogens with zero attached hydrogens (tertiary/aromatic N) is 3. The molecule has 0 spiro atoms. The molecule has 1 aromatic rings. The molecule has 0 amide bonds. The number of aromatic nitrogens is 2. The quantitative estimate of drug-likeness (QED) is 0.702. The Hall–Kier alpha value is -1.06. The highest BCUT2D eigenvalue weighted by Crippen LogP contribution is 2.10. The third-order valence-electron chi connectivity index (χ3n) is 2.07. The minimum Gasteiger partial charge on any atom is -0.338 e. The van der Waals surface area contributed by atoms with Gasteiger partial charge in [-0.3, -0.25) is 0 Å². The summed E-state index contributed by atoms with van der Waals surface area (Å²) in [5.74, 6) is 1.37. The molecule has 1 rings (SSSR count). The summed E-state index contributed by atoms with van der Waals surface area (Å²) < 4.78 is 4.97. The van der Waals surface area contributed by atoms with Crippen molar-refractivity contribution in [2.24, 2.45) is 0 Å². The monoisotopic (exact) mass is 197 g/mol. The molecular weight excluding hydrogens is 178 g/mol. The molecule has 1 heterocycles. The first-order valence-electron chi connectivity index (χ1n) is 5.33. The van der Waals surface area contributed by atoms with Gasteiger partial charge in [0.05, 0.1) is 0 Å². The number of hydrogen-bond acceptors (Lipinski definition) is 4. The van der Waals surface area contributed by atoms with Crippen LogP contribution in [0.25, 0.3) is 0 Å². The third kappa shape index (κ3) is 3.01. The minimum atomic E-state index is 0.637. The van der Waals surface area contributed by atoms with Crippen molar-refractivity contribution >= 4 is 5.95 Å². The van der Waals surface area contributed by atoms with Gasteiger partial charge in [0.2, 0.25) is 5.89 Å². The van der Waals surface area contributed by atoms with Crippen molar-refractivity contribution in [3.8, 4) is 0 Å². The Bertz CT molecular complexity index is 260. The van der Waals surface area contributed by atoms with Gasteiger partial charge in [-0.1, -0.05) is 20.3 Å². The van der Waals surface area contributed by atoms with Gasteiger partial charge < -0.3 is 9.42 Å². The van der Waals surface area contributed by atoms with Crippen LogP contribution in [-0.4, -0.2) is 23.2 Å². The van der Waals surface area contributed by atoms with E-state index in [-0.39, 0.29) is 0 Å². The Labute approximate surface area is 85.3 Å². The van der Waals surface area contributed by atoms with E-state index in [1.165, 1.54) is 12.8 Å². The Morgan fingerprint density at radius 1 is 1.21 bits per heavy atom. The van der Waals surface area contributed by atoms with Crippen molar-refractivity contribution in [1.29, 1.82) is 0 Å². The molecular formula is C10H19N3O. The summed E-state index contributed by atoms with van der Waals surface area (Å²) in [5, 5.41) is 3.93. The third-order valence-corrected chi connectivity index (χ3v) is 2.07. The van der Waals surface area contributed by atoms with Gasteiger partial charge in [-0.25, -0.2) is 0 Å². The summed E-state index contributed by atoms with van der Waals surface area (Å²) in [7, 11) is 0.